The van der Waals surface area contributed by atoms with Crippen molar-refractivity contribution in [2.24, 2.45) is 5.41 Å². The van der Waals surface area contributed by atoms with Crippen LogP contribution in [0, 0.1) is 11.2 Å². The molecule has 0 aromatic heterocycles. The zero-order valence-corrected chi connectivity index (χ0v) is 12.7. The topological polar surface area (TPSA) is 59.6 Å². The molecule has 0 atom stereocenters. The number of rotatable bonds is 6. The second-order valence-corrected chi connectivity index (χ2v) is 5.44. The van der Waals surface area contributed by atoms with Crippen LogP contribution in [0.2, 0.25) is 0 Å². The van der Waals surface area contributed by atoms with E-state index in [2.05, 4.69) is 15.4 Å². The molecule has 2 N–H and O–H groups in total. The minimum absolute atomic E-state index is 0.183. The maximum atomic E-state index is 13.7. The van der Waals surface area contributed by atoms with Crippen LogP contribution in [0.4, 0.5) is 18.9 Å². The summed E-state index contributed by atoms with van der Waals surface area (Å²) in [6.07, 6.45) is 1.20. The van der Waals surface area contributed by atoms with Gasteiger partial charge in [-0.15, -0.1) is 0 Å². The summed E-state index contributed by atoms with van der Waals surface area (Å²) in [7, 11) is 1.52. The van der Waals surface area contributed by atoms with Crippen LogP contribution in [-0.4, -0.2) is 39.3 Å². The number of methoxy groups -OCH3 is 1. The Morgan fingerprint density at radius 2 is 2.09 bits per heavy atom. The normalized spacial score (nSPS) is 17.1. The molecule has 0 spiro atoms. The van der Waals surface area contributed by atoms with E-state index in [0.717, 1.165) is 12.1 Å². The van der Waals surface area contributed by atoms with Gasteiger partial charge in [0, 0.05) is 18.9 Å². The molecule has 23 heavy (non-hydrogen) atoms. The highest BCUT2D eigenvalue weighted by atomic mass is 19.3. The molecule has 0 saturated carbocycles. The predicted octanol–water partition coefficient (Wildman–Crippen LogP) is 2.38. The molecule has 1 aliphatic rings. The summed E-state index contributed by atoms with van der Waals surface area (Å²) in [5, 5.41) is 5.80. The van der Waals surface area contributed by atoms with Crippen LogP contribution < -0.4 is 15.4 Å². The Bertz CT molecular complexity index is 543. The highest BCUT2D eigenvalue weighted by molar-refractivity contribution is 5.95. The number of ether oxygens (including phenoxy) is 2. The molecule has 1 amide bonds. The standard InChI is InChI=1S/C15H19F3N2O3/c1-22-9-15(4-6-19-7-5-15)13(21)20-10-2-3-12(11(16)8-10)23-14(17)18/h2-3,8,14,19H,4-7,9H2,1H3,(H,20,21). The van der Waals surface area contributed by atoms with Crippen molar-refractivity contribution in [3.8, 4) is 5.75 Å². The molecule has 0 radical (unpaired) electrons. The summed E-state index contributed by atoms with van der Waals surface area (Å²) >= 11 is 0. The van der Waals surface area contributed by atoms with Gasteiger partial charge < -0.3 is 20.1 Å². The summed E-state index contributed by atoms with van der Waals surface area (Å²) in [5.41, 5.74) is -0.502. The third-order valence-electron chi connectivity index (χ3n) is 3.87. The van der Waals surface area contributed by atoms with E-state index >= 15 is 0 Å². The number of halogens is 3. The number of nitrogens with one attached hydrogen (secondary N) is 2. The minimum Gasteiger partial charge on any atom is -0.432 e. The summed E-state index contributed by atoms with van der Waals surface area (Å²) in [5.74, 6) is -1.80. The Hall–Kier alpha value is -1.80. The number of carbonyl (C=O) groups excluding carboxylic acids is 1. The molecule has 1 aromatic carbocycles. The summed E-state index contributed by atoms with van der Waals surface area (Å²) in [6, 6.07) is 3.33. The van der Waals surface area contributed by atoms with Crippen molar-refractivity contribution >= 4 is 11.6 Å². The molecular weight excluding hydrogens is 313 g/mol. The third kappa shape index (κ3) is 4.35. The molecule has 1 saturated heterocycles. The van der Waals surface area contributed by atoms with Crippen molar-refractivity contribution < 1.29 is 27.4 Å². The van der Waals surface area contributed by atoms with E-state index in [1.54, 1.807) is 0 Å². The lowest BCUT2D eigenvalue weighted by Gasteiger charge is -2.35. The molecule has 1 heterocycles. The molecule has 0 unspecified atom stereocenters. The minimum atomic E-state index is -3.11. The highest BCUT2D eigenvalue weighted by Crippen LogP contribution is 2.31. The molecule has 8 heteroatoms. The van der Waals surface area contributed by atoms with Crippen molar-refractivity contribution in [2.45, 2.75) is 19.5 Å². The van der Waals surface area contributed by atoms with E-state index in [1.807, 2.05) is 0 Å². The molecule has 0 bridgehead atoms. The number of piperidine rings is 1. The molecule has 5 nitrogen and oxygen atoms in total. The Morgan fingerprint density at radius 1 is 1.39 bits per heavy atom. The Labute approximate surface area is 132 Å². The van der Waals surface area contributed by atoms with Crippen LogP contribution in [-0.2, 0) is 9.53 Å². The lowest BCUT2D eigenvalue weighted by Crippen LogP contribution is -2.47. The van der Waals surface area contributed by atoms with Gasteiger partial charge in [-0.25, -0.2) is 4.39 Å². The van der Waals surface area contributed by atoms with Gasteiger partial charge >= 0.3 is 6.61 Å². The number of benzene rings is 1. The fourth-order valence-electron chi connectivity index (χ4n) is 2.65. The monoisotopic (exact) mass is 332 g/mol. The van der Waals surface area contributed by atoms with Gasteiger partial charge in [-0.3, -0.25) is 4.79 Å². The SMILES string of the molecule is COCC1(C(=O)Nc2ccc(OC(F)F)c(F)c2)CCNCC1. The second kappa shape index (κ2) is 7.65. The number of hydrogen-bond donors (Lipinski definition) is 2. The summed E-state index contributed by atoms with van der Waals surface area (Å²) in [6.45, 7) is -1.47. The van der Waals surface area contributed by atoms with Gasteiger partial charge in [-0.1, -0.05) is 0 Å². The number of alkyl halides is 2. The van der Waals surface area contributed by atoms with Crippen molar-refractivity contribution in [1.29, 1.82) is 0 Å². The molecular formula is C15H19F3N2O3. The zero-order chi connectivity index (χ0) is 16.9. The van der Waals surface area contributed by atoms with Crippen molar-refractivity contribution in [1.82, 2.24) is 5.32 Å². The van der Waals surface area contributed by atoms with Gasteiger partial charge in [0.05, 0.1) is 12.0 Å². The Balaban J connectivity index is 2.10. The first-order chi connectivity index (χ1) is 11.0. The van der Waals surface area contributed by atoms with Crippen molar-refractivity contribution in [3.63, 3.8) is 0 Å². The summed E-state index contributed by atoms with van der Waals surface area (Å²) in [4.78, 5) is 12.6. The fourth-order valence-corrected chi connectivity index (χ4v) is 2.65. The number of anilines is 1. The van der Waals surface area contributed by atoms with Gasteiger partial charge in [-0.05, 0) is 38.1 Å². The van der Waals surface area contributed by atoms with Gasteiger partial charge in [0.1, 0.15) is 0 Å². The van der Waals surface area contributed by atoms with Crippen LogP contribution in [0.15, 0.2) is 18.2 Å². The van der Waals surface area contributed by atoms with E-state index in [9.17, 15) is 18.0 Å². The first-order valence-electron chi connectivity index (χ1n) is 7.22. The van der Waals surface area contributed by atoms with E-state index in [0.29, 0.717) is 25.9 Å². The maximum Gasteiger partial charge on any atom is 0.387 e. The fraction of sp³-hybridized carbons (Fsp3) is 0.533. The van der Waals surface area contributed by atoms with Gasteiger partial charge in [0.15, 0.2) is 11.6 Å². The van der Waals surface area contributed by atoms with Crippen LogP contribution in [0.5, 0.6) is 5.75 Å². The van der Waals surface area contributed by atoms with Crippen molar-refractivity contribution in [3.05, 3.63) is 24.0 Å². The Kier molecular flexibility index (Phi) is 5.84. The lowest BCUT2D eigenvalue weighted by molar-refractivity contribution is -0.130. The van der Waals surface area contributed by atoms with E-state index in [-0.39, 0.29) is 18.2 Å². The largest absolute Gasteiger partial charge is 0.432 e. The average molecular weight is 332 g/mol. The van der Waals surface area contributed by atoms with Crippen LogP contribution in [0.1, 0.15) is 12.8 Å². The lowest BCUT2D eigenvalue weighted by atomic mass is 9.78. The third-order valence-corrected chi connectivity index (χ3v) is 3.87. The first-order valence-corrected chi connectivity index (χ1v) is 7.22. The number of amides is 1. The number of carbonyl (C=O) groups is 1. The molecule has 128 valence electrons. The van der Waals surface area contributed by atoms with Gasteiger partial charge in [0.2, 0.25) is 5.91 Å². The number of hydrogen-bond acceptors (Lipinski definition) is 4. The van der Waals surface area contributed by atoms with Crippen LogP contribution in [0.25, 0.3) is 0 Å². The first kappa shape index (κ1) is 17.6. The Morgan fingerprint density at radius 3 is 2.65 bits per heavy atom. The van der Waals surface area contributed by atoms with Gasteiger partial charge in [0.25, 0.3) is 0 Å². The average Bonchev–Trinajstić information content (AvgIpc) is 2.51. The molecule has 2 rings (SSSR count). The molecule has 1 aliphatic heterocycles. The quantitative estimate of drug-likeness (QED) is 0.840. The highest BCUT2D eigenvalue weighted by Gasteiger charge is 2.39. The van der Waals surface area contributed by atoms with E-state index < -0.39 is 23.6 Å². The second-order valence-electron chi connectivity index (χ2n) is 5.44. The smallest absolute Gasteiger partial charge is 0.387 e. The van der Waals surface area contributed by atoms with E-state index in [1.165, 1.54) is 13.2 Å². The molecule has 1 aromatic rings. The van der Waals surface area contributed by atoms with Crippen LogP contribution in [0.3, 0.4) is 0 Å². The van der Waals surface area contributed by atoms with Crippen LogP contribution >= 0.6 is 0 Å². The molecule has 0 aliphatic carbocycles. The summed E-state index contributed by atoms with van der Waals surface area (Å²) < 4.78 is 47.1. The van der Waals surface area contributed by atoms with Gasteiger partial charge in [-0.2, -0.15) is 8.78 Å². The van der Waals surface area contributed by atoms with E-state index in [4.69, 9.17) is 4.74 Å². The zero-order valence-electron chi connectivity index (χ0n) is 12.7. The maximum absolute atomic E-state index is 13.7. The molecule has 1 fully saturated rings. The van der Waals surface area contributed by atoms with Crippen molar-refractivity contribution in [2.75, 3.05) is 32.1 Å². The predicted molar refractivity (Wildman–Crippen MR) is 78.1 cm³/mol.